The number of nitriles is 1. The molecule has 0 rings (SSSR count). The predicted octanol–water partition coefficient (Wildman–Crippen LogP) is 4.96. The summed E-state index contributed by atoms with van der Waals surface area (Å²) < 4.78 is 11.6. The van der Waals surface area contributed by atoms with E-state index in [1.54, 1.807) is 0 Å². The van der Waals surface area contributed by atoms with Crippen LogP contribution in [0, 0.1) is 11.3 Å². The lowest BCUT2D eigenvalue weighted by Gasteiger charge is -2.02. The van der Waals surface area contributed by atoms with Gasteiger partial charge in [0.2, 0.25) is 0 Å². The maximum absolute atomic E-state index is 11.6. The monoisotopic (exact) mass is 285 g/mol. The molecular formula is C16H31NOS. The largest absolute Gasteiger partial charge is 0.260 e. The Morgan fingerprint density at radius 2 is 1.26 bits per heavy atom. The van der Waals surface area contributed by atoms with Crippen LogP contribution >= 0.6 is 0 Å². The Morgan fingerprint density at radius 1 is 0.789 bits per heavy atom. The van der Waals surface area contributed by atoms with E-state index in [1.807, 2.05) is 0 Å². The molecule has 0 aliphatic heterocycles. The molecule has 0 heterocycles. The minimum absolute atomic E-state index is 0.545. The molecule has 112 valence electrons. The van der Waals surface area contributed by atoms with Gasteiger partial charge in [-0.2, -0.15) is 5.26 Å². The van der Waals surface area contributed by atoms with E-state index in [-0.39, 0.29) is 0 Å². The Bertz CT molecular complexity index is 248. The molecule has 1 atom stereocenters. The van der Waals surface area contributed by atoms with Crippen LogP contribution in [0.25, 0.3) is 0 Å². The fraction of sp³-hybridized carbons (Fsp3) is 0.938. The normalized spacial score (nSPS) is 12.2. The third-order valence-electron chi connectivity index (χ3n) is 3.39. The van der Waals surface area contributed by atoms with Crippen molar-refractivity contribution >= 4 is 10.8 Å². The number of unbranched alkanes of at least 4 members (excludes halogenated alkanes) is 10. The van der Waals surface area contributed by atoms with Gasteiger partial charge in [-0.3, -0.25) is 4.21 Å². The van der Waals surface area contributed by atoms with E-state index in [9.17, 15) is 4.21 Å². The summed E-state index contributed by atoms with van der Waals surface area (Å²) in [4.78, 5) is 0. The van der Waals surface area contributed by atoms with Crippen molar-refractivity contribution in [3.63, 3.8) is 0 Å². The van der Waals surface area contributed by atoms with Crippen LogP contribution in [-0.2, 0) is 10.8 Å². The maximum atomic E-state index is 11.6. The van der Waals surface area contributed by atoms with Crippen LogP contribution in [0.1, 0.15) is 84.0 Å². The lowest BCUT2D eigenvalue weighted by Crippen LogP contribution is -2.02. The van der Waals surface area contributed by atoms with Crippen molar-refractivity contribution in [3.8, 4) is 6.07 Å². The van der Waals surface area contributed by atoms with Gasteiger partial charge in [0.15, 0.2) is 0 Å². The van der Waals surface area contributed by atoms with Gasteiger partial charge in [0, 0.05) is 28.7 Å². The minimum Gasteiger partial charge on any atom is -0.260 e. The lowest BCUT2D eigenvalue weighted by atomic mass is 10.1. The van der Waals surface area contributed by atoms with E-state index >= 15 is 0 Å². The topological polar surface area (TPSA) is 40.9 Å². The number of nitrogens with zero attached hydrogens (tertiary/aromatic N) is 1. The molecule has 0 aromatic heterocycles. The predicted molar refractivity (Wildman–Crippen MR) is 84.6 cm³/mol. The van der Waals surface area contributed by atoms with Gasteiger partial charge in [-0.25, -0.2) is 0 Å². The third kappa shape index (κ3) is 15.6. The van der Waals surface area contributed by atoms with Gasteiger partial charge in [-0.1, -0.05) is 64.7 Å². The van der Waals surface area contributed by atoms with Gasteiger partial charge in [-0.05, 0) is 12.8 Å². The minimum atomic E-state index is -0.685. The van der Waals surface area contributed by atoms with Gasteiger partial charge < -0.3 is 0 Å². The molecule has 0 N–H and O–H groups in total. The third-order valence-corrected chi connectivity index (χ3v) is 4.87. The average Bonchev–Trinajstić information content (AvgIpc) is 2.41. The highest BCUT2D eigenvalue weighted by molar-refractivity contribution is 7.84. The summed E-state index contributed by atoms with van der Waals surface area (Å²) in [7, 11) is -0.685. The first-order valence-electron chi connectivity index (χ1n) is 8.03. The van der Waals surface area contributed by atoms with Gasteiger partial charge in [-0.15, -0.1) is 0 Å². The Balaban J connectivity index is 3.10. The van der Waals surface area contributed by atoms with Crippen molar-refractivity contribution < 1.29 is 4.21 Å². The molecular weight excluding hydrogens is 254 g/mol. The van der Waals surface area contributed by atoms with E-state index in [2.05, 4.69) is 13.0 Å². The first-order chi connectivity index (χ1) is 9.31. The van der Waals surface area contributed by atoms with Crippen molar-refractivity contribution in [2.45, 2.75) is 84.0 Å². The van der Waals surface area contributed by atoms with E-state index in [4.69, 9.17) is 5.26 Å². The first kappa shape index (κ1) is 18.6. The molecule has 0 saturated heterocycles. The zero-order chi connectivity index (χ0) is 14.2. The number of hydrogen-bond acceptors (Lipinski definition) is 2. The second-order valence-corrected chi connectivity index (χ2v) is 6.99. The molecule has 3 heteroatoms. The quantitative estimate of drug-likeness (QED) is 0.423. The fourth-order valence-corrected chi connectivity index (χ4v) is 3.36. The molecule has 0 fully saturated rings. The molecule has 0 aliphatic carbocycles. The highest BCUT2D eigenvalue weighted by Gasteiger charge is 1.99. The van der Waals surface area contributed by atoms with E-state index in [1.165, 1.54) is 57.8 Å². The Morgan fingerprint density at radius 3 is 1.79 bits per heavy atom. The van der Waals surface area contributed by atoms with Crippen LogP contribution in [0.2, 0.25) is 0 Å². The molecule has 0 radical (unpaired) electrons. The summed E-state index contributed by atoms with van der Waals surface area (Å²) in [5, 5.41) is 8.39. The second-order valence-electron chi connectivity index (χ2n) is 5.29. The fourth-order valence-electron chi connectivity index (χ4n) is 2.16. The zero-order valence-electron chi connectivity index (χ0n) is 12.7. The van der Waals surface area contributed by atoms with Crippen LogP contribution in [0.3, 0.4) is 0 Å². The number of hydrogen-bond donors (Lipinski definition) is 0. The van der Waals surface area contributed by atoms with E-state index in [0.717, 1.165) is 18.6 Å². The van der Waals surface area contributed by atoms with Crippen molar-refractivity contribution in [1.82, 2.24) is 0 Å². The summed E-state index contributed by atoms with van der Waals surface area (Å²) in [6, 6.07) is 2.10. The average molecular weight is 285 g/mol. The lowest BCUT2D eigenvalue weighted by molar-refractivity contribution is 0.562. The van der Waals surface area contributed by atoms with Gasteiger partial charge >= 0.3 is 0 Å². The summed E-state index contributed by atoms with van der Waals surface area (Å²) in [6.45, 7) is 2.25. The molecule has 0 saturated carbocycles. The van der Waals surface area contributed by atoms with Gasteiger partial charge in [0.1, 0.15) is 0 Å². The van der Waals surface area contributed by atoms with Crippen LogP contribution in [0.15, 0.2) is 0 Å². The van der Waals surface area contributed by atoms with Gasteiger partial charge in [0.25, 0.3) is 0 Å². The standard InChI is InChI=1S/C16H31NOS/c1-2-3-4-5-6-7-8-9-10-12-15-19(18)16-13-11-14-17/h2-13,15-16H2,1H3. The van der Waals surface area contributed by atoms with Crippen molar-refractivity contribution in [3.05, 3.63) is 0 Å². The molecule has 0 spiro atoms. The highest BCUT2D eigenvalue weighted by Crippen LogP contribution is 2.10. The van der Waals surface area contributed by atoms with Crippen LogP contribution in [-0.4, -0.2) is 15.7 Å². The Hall–Kier alpha value is -0.360. The molecule has 0 aromatic carbocycles. The summed E-state index contributed by atoms with van der Waals surface area (Å²) in [5.74, 6) is 1.55. The molecule has 1 unspecified atom stereocenters. The molecule has 2 nitrogen and oxygen atoms in total. The molecule has 0 amide bonds. The van der Waals surface area contributed by atoms with Crippen LogP contribution in [0.4, 0.5) is 0 Å². The molecule has 19 heavy (non-hydrogen) atoms. The zero-order valence-corrected chi connectivity index (χ0v) is 13.5. The van der Waals surface area contributed by atoms with Crippen molar-refractivity contribution in [2.24, 2.45) is 0 Å². The van der Waals surface area contributed by atoms with E-state index < -0.39 is 10.8 Å². The number of rotatable bonds is 14. The Kier molecular flexibility index (Phi) is 15.4. The van der Waals surface area contributed by atoms with Crippen LogP contribution < -0.4 is 0 Å². The van der Waals surface area contributed by atoms with Crippen molar-refractivity contribution in [1.29, 1.82) is 5.26 Å². The molecule has 0 bridgehead atoms. The summed E-state index contributed by atoms with van der Waals surface area (Å²) in [6.07, 6.45) is 14.6. The maximum Gasteiger partial charge on any atom is 0.0622 e. The summed E-state index contributed by atoms with van der Waals surface area (Å²) >= 11 is 0. The second kappa shape index (κ2) is 15.7. The SMILES string of the molecule is CCCCCCCCCCCCS(=O)CCCC#N. The van der Waals surface area contributed by atoms with Gasteiger partial charge in [0.05, 0.1) is 6.07 Å². The van der Waals surface area contributed by atoms with Crippen molar-refractivity contribution in [2.75, 3.05) is 11.5 Å². The summed E-state index contributed by atoms with van der Waals surface area (Å²) in [5.41, 5.74) is 0. The smallest absolute Gasteiger partial charge is 0.0622 e. The molecule has 0 aliphatic rings. The van der Waals surface area contributed by atoms with E-state index in [0.29, 0.717) is 12.2 Å². The molecule has 0 aromatic rings. The Labute approximate surface area is 122 Å². The van der Waals surface area contributed by atoms with Crippen LogP contribution in [0.5, 0.6) is 0 Å². The highest BCUT2D eigenvalue weighted by atomic mass is 32.2. The first-order valence-corrected chi connectivity index (χ1v) is 9.52.